The van der Waals surface area contributed by atoms with E-state index >= 15 is 0 Å². The van der Waals surface area contributed by atoms with Crippen LogP contribution in [0, 0.1) is 0 Å². The summed E-state index contributed by atoms with van der Waals surface area (Å²) in [5, 5.41) is 6.50. The molecule has 5 nitrogen and oxygen atoms in total. The second kappa shape index (κ2) is 8.30. The fraction of sp³-hybridized carbons (Fsp3) is 0.533. The zero-order chi connectivity index (χ0) is 15.0. The minimum atomic E-state index is 0.338. The largest absolute Gasteiger partial charge is 0.497 e. The molecule has 0 unspecified atom stereocenters. The van der Waals surface area contributed by atoms with Gasteiger partial charge < -0.3 is 20.1 Å². The monoisotopic (exact) mass is 279 g/mol. The number of aliphatic imine (C=N–C) groups is 1. The maximum absolute atomic E-state index is 5.37. The van der Waals surface area contributed by atoms with E-state index in [1.165, 1.54) is 0 Å². The first kappa shape index (κ1) is 16.1. The van der Waals surface area contributed by atoms with Crippen LogP contribution in [0.1, 0.15) is 26.3 Å². The minimum absolute atomic E-state index is 0.338. The lowest BCUT2D eigenvalue weighted by Gasteiger charge is -2.14. The number of guanidine groups is 1. The van der Waals surface area contributed by atoms with Crippen LogP contribution >= 0.6 is 0 Å². The molecular formula is C15H25N3O2. The molecule has 0 atom stereocenters. The van der Waals surface area contributed by atoms with Gasteiger partial charge in [-0.15, -0.1) is 0 Å². The maximum atomic E-state index is 5.37. The molecule has 0 heterocycles. The quantitative estimate of drug-likeness (QED) is 0.619. The molecule has 0 aliphatic rings. The molecule has 0 aromatic heterocycles. The van der Waals surface area contributed by atoms with Crippen molar-refractivity contribution in [1.29, 1.82) is 0 Å². The van der Waals surface area contributed by atoms with Gasteiger partial charge in [0.15, 0.2) is 5.96 Å². The van der Waals surface area contributed by atoms with Gasteiger partial charge in [0, 0.05) is 24.2 Å². The van der Waals surface area contributed by atoms with Gasteiger partial charge in [0.2, 0.25) is 0 Å². The summed E-state index contributed by atoms with van der Waals surface area (Å²) in [7, 11) is 3.29. The Bertz CT molecular complexity index is 445. The minimum Gasteiger partial charge on any atom is -0.497 e. The number of hydrogen-bond donors (Lipinski definition) is 2. The van der Waals surface area contributed by atoms with E-state index in [4.69, 9.17) is 9.47 Å². The molecule has 0 saturated carbocycles. The Morgan fingerprint density at radius 3 is 2.55 bits per heavy atom. The molecule has 112 valence electrons. The summed E-state index contributed by atoms with van der Waals surface area (Å²) < 4.78 is 10.6. The number of methoxy groups -OCH3 is 2. The van der Waals surface area contributed by atoms with Crippen LogP contribution in [0.4, 0.5) is 0 Å². The van der Waals surface area contributed by atoms with Crippen LogP contribution in [0.5, 0.6) is 11.5 Å². The smallest absolute Gasteiger partial charge is 0.191 e. The van der Waals surface area contributed by atoms with E-state index in [9.17, 15) is 0 Å². The normalized spacial score (nSPS) is 11.4. The molecule has 0 radical (unpaired) electrons. The third kappa shape index (κ3) is 4.99. The molecule has 0 saturated heterocycles. The molecule has 0 aliphatic carbocycles. The predicted molar refractivity (Wildman–Crippen MR) is 82.6 cm³/mol. The van der Waals surface area contributed by atoms with Crippen LogP contribution in [0.25, 0.3) is 0 Å². The molecule has 2 N–H and O–H groups in total. The number of ether oxygens (including phenoxy) is 2. The lowest BCUT2D eigenvalue weighted by atomic mass is 10.2. The van der Waals surface area contributed by atoms with Crippen molar-refractivity contribution in [3.05, 3.63) is 23.8 Å². The molecule has 0 fully saturated rings. The average Bonchev–Trinajstić information content (AvgIpc) is 2.44. The molecule has 0 amide bonds. The van der Waals surface area contributed by atoms with E-state index in [0.717, 1.165) is 29.6 Å². The molecule has 0 spiro atoms. The first-order valence-electron chi connectivity index (χ1n) is 6.86. The predicted octanol–water partition coefficient (Wildman–Crippen LogP) is 2.17. The van der Waals surface area contributed by atoms with Gasteiger partial charge in [0.1, 0.15) is 11.5 Å². The molecular weight excluding hydrogens is 254 g/mol. The molecule has 5 heteroatoms. The van der Waals surface area contributed by atoms with Gasteiger partial charge >= 0.3 is 0 Å². The second-order valence-electron chi connectivity index (χ2n) is 4.67. The van der Waals surface area contributed by atoms with E-state index < -0.39 is 0 Å². The first-order valence-corrected chi connectivity index (χ1v) is 6.86. The van der Waals surface area contributed by atoms with Crippen molar-refractivity contribution in [2.75, 3.05) is 20.8 Å². The molecule has 1 rings (SSSR count). The second-order valence-corrected chi connectivity index (χ2v) is 4.67. The van der Waals surface area contributed by atoms with Gasteiger partial charge in [0.25, 0.3) is 0 Å². The summed E-state index contributed by atoms with van der Waals surface area (Å²) in [6, 6.07) is 6.09. The number of rotatable bonds is 6. The van der Waals surface area contributed by atoms with Crippen molar-refractivity contribution in [1.82, 2.24) is 10.6 Å². The van der Waals surface area contributed by atoms with Crippen molar-refractivity contribution in [2.24, 2.45) is 4.99 Å². The topological polar surface area (TPSA) is 54.9 Å². The van der Waals surface area contributed by atoms with Crippen molar-refractivity contribution in [3.63, 3.8) is 0 Å². The first-order chi connectivity index (χ1) is 9.60. The summed E-state index contributed by atoms with van der Waals surface area (Å²) in [5.74, 6) is 2.37. The third-order valence-corrected chi connectivity index (χ3v) is 2.67. The summed E-state index contributed by atoms with van der Waals surface area (Å²) in [6.07, 6.45) is 0. The van der Waals surface area contributed by atoms with Crippen LogP contribution in [0.3, 0.4) is 0 Å². The van der Waals surface area contributed by atoms with Gasteiger partial charge in [-0.1, -0.05) is 0 Å². The van der Waals surface area contributed by atoms with E-state index in [2.05, 4.69) is 29.5 Å². The highest BCUT2D eigenvalue weighted by Gasteiger charge is 2.05. The number of nitrogens with zero attached hydrogens (tertiary/aromatic N) is 1. The molecule has 0 aliphatic heterocycles. The lowest BCUT2D eigenvalue weighted by Crippen LogP contribution is -2.41. The fourth-order valence-corrected chi connectivity index (χ4v) is 1.74. The van der Waals surface area contributed by atoms with E-state index in [1.54, 1.807) is 14.2 Å². The van der Waals surface area contributed by atoms with Crippen LogP contribution in [0.2, 0.25) is 0 Å². The summed E-state index contributed by atoms with van der Waals surface area (Å²) in [6.45, 7) is 7.60. The zero-order valence-corrected chi connectivity index (χ0v) is 13.0. The molecule has 1 aromatic carbocycles. The Hall–Kier alpha value is -1.91. The Morgan fingerprint density at radius 1 is 1.25 bits per heavy atom. The Balaban J connectivity index is 2.84. The third-order valence-electron chi connectivity index (χ3n) is 2.67. The highest BCUT2D eigenvalue weighted by Crippen LogP contribution is 2.25. The Kier molecular flexibility index (Phi) is 6.70. The number of benzene rings is 1. The van der Waals surface area contributed by atoms with Crippen LogP contribution in [-0.4, -0.2) is 32.8 Å². The lowest BCUT2D eigenvalue weighted by molar-refractivity contribution is 0.391. The maximum Gasteiger partial charge on any atom is 0.191 e. The highest BCUT2D eigenvalue weighted by molar-refractivity contribution is 5.80. The molecule has 1 aromatic rings. The van der Waals surface area contributed by atoms with Gasteiger partial charge in [-0.05, 0) is 32.9 Å². The summed E-state index contributed by atoms with van der Waals surface area (Å²) >= 11 is 0. The summed E-state index contributed by atoms with van der Waals surface area (Å²) in [4.78, 5) is 4.56. The fourth-order valence-electron chi connectivity index (χ4n) is 1.74. The zero-order valence-electron chi connectivity index (χ0n) is 13.0. The highest BCUT2D eigenvalue weighted by atomic mass is 16.5. The van der Waals surface area contributed by atoms with Crippen molar-refractivity contribution >= 4 is 5.96 Å². The Morgan fingerprint density at radius 2 is 2.00 bits per heavy atom. The van der Waals surface area contributed by atoms with E-state index in [1.807, 2.05) is 25.1 Å². The van der Waals surface area contributed by atoms with Crippen LogP contribution in [-0.2, 0) is 6.54 Å². The van der Waals surface area contributed by atoms with Crippen LogP contribution in [0.15, 0.2) is 23.2 Å². The molecule has 20 heavy (non-hydrogen) atoms. The van der Waals surface area contributed by atoms with Gasteiger partial charge in [-0.3, -0.25) is 0 Å². The molecule has 0 bridgehead atoms. The van der Waals surface area contributed by atoms with E-state index in [-0.39, 0.29) is 0 Å². The van der Waals surface area contributed by atoms with Gasteiger partial charge in [0.05, 0.1) is 20.8 Å². The van der Waals surface area contributed by atoms with Crippen molar-refractivity contribution in [3.8, 4) is 11.5 Å². The van der Waals surface area contributed by atoms with Gasteiger partial charge in [-0.2, -0.15) is 0 Å². The summed E-state index contributed by atoms with van der Waals surface area (Å²) in [5.41, 5.74) is 1.02. The standard InChI is InChI=1S/C15H25N3O2/c1-6-16-15(18-11(2)3)17-10-12-7-8-13(19-4)9-14(12)20-5/h7-9,11H,6,10H2,1-5H3,(H2,16,17,18). The van der Waals surface area contributed by atoms with E-state index in [0.29, 0.717) is 12.6 Å². The number of nitrogens with one attached hydrogen (secondary N) is 2. The van der Waals surface area contributed by atoms with Gasteiger partial charge in [-0.25, -0.2) is 4.99 Å². The number of hydrogen-bond acceptors (Lipinski definition) is 3. The average molecular weight is 279 g/mol. The SMILES string of the molecule is CCNC(=NCc1ccc(OC)cc1OC)NC(C)C. The van der Waals surface area contributed by atoms with Crippen molar-refractivity contribution in [2.45, 2.75) is 33.4 Å². The van der Waals surface area contributed by atoms with Crippen LogP contribution < -0.4 is 20.1 Å². The Labute approximate surface area is 121 Å². The van der Waals surface area contributed by atoms with Crippen molar-refractivity contribution < 1.29 is 9.47 Å².